The molecule has 0 bridgehead atoms. The summed E-state index contributed by atoms with van der Waals surface area (Å²) in [6.45, 7) is 1.97. The maximum absolute atomic E-state index is 11.6. The molecule has 18 heavy (non-hydrogen) atoms. The van der Waals surface area contributed by atoms with Gasteiger partial charge < -0.3 is 10.5 Å². The monoisotopic (exact) mass is 245 g/mol. The summed E-state index contributed by atoms with van der Waals surface area (Å²) in [5.41, 5.74) is 7.36. The Kier molecular flexibility index (Phi) is 3.43. The third-order valence-electron chi connectivity index (χ3n) is 2.69. The zero-order chi connectivity index (χ0) is 13.1. The Hall–Kier alpha value is -2.14. The van der Waals surface area contributed by atoms with Crippen molar-refractivity contribution in [3.05, 3.63) is 51.9 Å². The number of nitrogens with zero attached hydrogens (tertiary/aromatic N) is 2. The average Bonchev–Trinajstić information content (AvgIpc) is 2.39. The third kappa shape index (κ3) is 2.26. The average molecular weight is 245 g/mol. The van der Waals surface area contributed by atoms with Gasteiger partial charge in [-0.3, -0.25) is 4.79 Å². The molecule has 2 N–H and O–H groups in total. The molecule has 2 aromatic rings. The molecule has 2 rings (SSSR count). The SMILES string of the molecule is COc1ccc(-n2nc(CN)c(=O)cc2C)cc1. The van der Waals surface area contributed by atoms with Crippen molar-refractivity contribution < 1.29 is 4.74 Å². The molecule has 1 aromatic carbocycles. The Bertz CT molecular complexity index is 603. The fraction of sp³-hybridized carbons (Fsp3) is 0.231. The molecule has 0 atom stereocenters. The first-order chi connectivity index (χ1) is 8.65. The van der Waals surface area contributed by atoms with Gasteiger partial charge in [0, 0.05) is 18.3 Å². The van der Waals surface area contributed by atoms with Crippen LogP contribution >= 0.6 is 0 Å². The predicted molar refractivity (Wildman–Crippen MR) is 69.0 cm³/mol. The second-order valence-electron chi connectivity index (χ2n) is 3.91. The smallest absolute Gasteiger partial charge is 0.204 e. The van der Waals surface area contributed by atoms with E-state index in [2.05, 4.69) is 5.10 Å². The largest absolute Gasteiger partial charge is 0.497 e. The number of methoxy groups -OCH3 is 1. The number of ether oxygens (including phenoxy) is 1. The van der Waals surface area contributed by atoms with Gasteiger partial charge in [0.2, 0.25) is 5.43 Å². The van der Waals surface area contributed by atoms with Gasteiger partial charge in [-0.25, -0.2) is 4.68 Å². The van der Waals surface area contributed by atoms with E-state index in [9.17, 15) is 4.79 Å². The van der Waals surface area contributed by atoms with E-state index in [4.69, 9.17) is 10.5 Å². The number of hydrogen-bond acceptors (Lipinski definition) is 4. The quantitative estimate of drug-likeness (QED) is 0.876. The lowest BCUT2D eigenvalue weighted by Crippen LogP contribution is -2.21. The van der Waals surface area contributed by atoms with E-state index in [-0.39, 0.29) is 12.0 Å². The van der Waals surface area contributed by atoms with E-state index in [1.54, 1.807) is 17.9 Å². The molecule has 1 heterocycles. The highest BCUT2D eigenvalue weighted by atomic mass is 16.5. The van der Waals surface area contributed by atoms with Crippen LogP contribution in [0.4, 0.5) is 0 Å². The molecule has 0 saturated carbocycles. The van der Waals surface area contributed by atoms with E-state index >= 15 is 0 Å². The van der Waals surface area contributed by atoms with Gasteiger partial charge in [0.05, 0.1) is 12.8 Å². The highest BCUT2D eigenvalue weighted by Crippen LogP contribution is 2.14. The number of aromatic nitrogens is 2. The molecule has 0 fully saturated rings. The molecule has 0 spiro atoms. The minimum atomic E-state index is -0.125. The summed E-state index contributed by atoms with van der Waals surface area (Å²) >= 11 is 0. The summed E-state index contributed by atoms with van der Waals surface area (Å²) in [7, 11) is 1.62. The first-order valence-corrected chi connectivity index (χ1v) is 5.60. The van der Waals surface area contributed by atoms with Crippen molar-refractivity contribution in [2.75, 3.05) is 7.11 Å². The lowest BCUT2D eigenvalue weighted by molar-refractivity contribution is 0.414. The topological polar surface area (TPSA) is 70.1 Å². The molecular formula is C13H15N3O2. The number of nitrogens with two attached hydrogens (primary N) is 1. The first kappa shape index (κ1) is 12.3. The van der Waals surface area contributed by atoms with Crippen LogP contribution in [0.5, 0.6) is 5.75 Å². The van der Waals surface area contributed by atoms with Crippen molar-refractivity contribution >= 4 is 0 Å². The van der Waals surface area contributed by atoms with Crippen LogP contribution in [0.2, 0.25) is 0 Å². The van der Waals surface area contributed by atoms with Crippen LogP contribution in [0.1, 0.15) is 11.4 Å². The Morgan fingerprint density at radius 3 is 2.56 bits per heavy atom. The van der Waals surface area contributed by atoms with E-state index in [0.717, 1.165) is 17.1 Å². The van der Waals surface area contributed by atoms with Crippen molar-refractivity contribution in [3.8, 4) is 11.4 Å². The predicted octanol–water partition coefficient (Wildman–Crippen LogP) is 1.01. The van der Waals surface area contributed by atoms with Crippen LogP contribution in [-0.2, 0) is 6.54 Å². The number of hydrogen-bond donors (Lipinski definition) is 1. The van der Waals surface area contributed by atoms with Crippen molar-refractivity contribution in [1.29, 1.82) is 0 Å². The Labute approximate surface area is 105 Å². The number of rotatable bonds is 3. The molecule has 0 radical (unpaired) electrons. The molecule has 0 aliphatic heterocycles. The minimum Gasteiger partial charge on any atom is -0.497 e. The van der Waals surface area contributed by atoms with Gasteiger partial charge in [0.15, 0.2) is 0 Å². The Morgan fingerprint density at radius 2 is 2.00 bits per heavy atom. The Morgan fingerprint density at radius 1 is 1.33 bits per heavy atom. The molecule has 1 aromatic heterocycles. The van der Waals surface area contributed by atoms with Crippen LogP contribution in [0.25, 0.3) is 5.69 Å². The van der Waals surface area contributed by atoms with E-state index in [0.29, 0.717) is 5.69 Å². The summed E-state index contributed by atoms with van der Waals surface area (Å²) in [5.74, 6) is 0.775. The molecule has 5 nitrogen and oxygen atoms in total. The van der Waals surface area contributed by atoms with Gasteiger partial charge in [-0.05, 0) is 31.2 Å². The first-order valence-electron chi connectivity index (χ1n) is 5.60. The number of benzene rings is 1. The van der Waals surface area contributed by atoms with Gasteiger partial charge in [0.1, 0.15) is 11.4 Å². The van der Waals surface area contributed by atoms with E-state index < -0.39 is 0 Å². The highest BCUT2D eigenvalue weighted by Gasteiger charge is 2.06. The van der Waals surface area contributed by atoms with E-state index in [1.807, 2.05) is 31.2 Å². The van der Waals surface area contributed by atoms with Gasteiger partial charge in [-0.1, -0.05) is 0 Å². The molecule has 0 saturated heterocycles. The minimum absolute atomic E-state index is 0.125. The molecule has 0 amide bonds. The van der Waals surface area contributed by atoms with Crippen molar-refractivity contribution in [1.82, 2.24) is 9.78 Å². The summed E-state index contributed by atoms with van der Waals surface area (Å²) in [5, 5.41) is 4.25. The summed E-state index contributed by atoms with van der Waals surface area (Å²) in [6, 6.07) is 8.99. The molecular weight excluding hydrogens is 230 g/mol. The normalized spacial score (nSPS) is 10.4. The molecule has 0 aliphatic rings. The highest BCUT2D eigenvalue weighted by molar-refractivity contribution is 5.37. The van der Waals surface area contributed by atoms with Crippen LogP contribution in [0.15, 0.2) is 35.1 Å². The molecule has 94 valence electrons. The van der Waals surface area contributed by atoms with Gasteiger partial charge in [-0.15, -0.1) is 0 Å². The fourth-order valence-corrected chi connectivity index (χ4v) is 1.71. The van der Waals surface area contributed by atoms with Gasteiger partial charge in [-0.2, -0.15) is 5.10 Å². The van der Waals surface area contributed by atoms with Crippen molar-refractivity contribution in [2.45, 2.75) is 13.5 Å². The Balaban J connectivity index is 2.52. The zero-order valence-electron chi connectivity index (χ0n) is 10.4. The van der Waals surface area contributed by atoms with E-state index in [1.165, 1.54) is 0 Å². The lowest BCUT2D eigenvalue weighted by Gasteiger charge is -2.11. The van der Waals surface area contributed by atoms with Crippen molar-refractivity contribution in [3.63, 3.8) is 0 Å². The second kappa shape index (κ2) is 5.01. The third-order valence-corrected chi connectivity index (χ3v) is 2.69. The molecule has 5 heteroatoms. The van der Waals surface area contributed by atoms with Crippen LogP contribution in [-0.4, -0.2) is 16.9 Å². The summed E-state index contributed by atoms with van der Waals surface area (Å²) in [4.78, 5) is 11.6. The second-order valence-corrected chi connectivity index (χ2v) is 3.91. The van der Waals surface area contributed by atoms with Gasteiger partial charge >= 0.3 is 0 Å². The number of aryl methyl sites for hydroxylation is 1. The zero-order valence-corrected chi connectivity index (χ0v) is 10.4. The van der Waals surface area contributed by atoms with Crippen LogP contribution in [0, 0.1) is 6.92 Å². The summed E-state index contributed by atoms with van der Waals surface area (Å²) in [6.07, 6.45) is 0. The molecule has 0 unspecified atom stereocenters. The van der Waals surface area contributed by atoms with Crippen LogP contribution < -0.4 is 15.9 Å². The molecule has 0 aliphatic carbocycles. The summed E-state index contributed by atoms with van der Waals surface area (Å²) < 4.78 is 6.80. The maximum Gasteiger partial charge on any atom is 0.204 e. The van der Waals surface area contributed by atoms with Gasteiger partial charge in [0.25, 0.3) is 0 Å². The lowest BCUT2D eigenvalue weighted by atomic mass is 10.2. The maximum atomic E-state index is 11.6. The van der Waals surface area contributed by atoms with Crippen LogP contribution in [0.3, 0.4) is 0 Å². The standard InChI is InChI=1S/C13H15N3O2/c1-9-7-13(17)12(8-14)15-16(9)10-3-5-11(18-2)6-4-10/h3-7H,8,14H2,1-2H3. The fourth-order valence-electron chi connectivity index (χ4n) is 1.71. The van der Waals surface area contributed by atoms with Crippen molar-refractivity contribution in [2.24, 2.45) is 5.73 Å².